The summed E-state index contributed by atoms with van der Waals surface area (Å²) >= 11 is 7.10. The van der Waals surface area contributed by atoms with Crippen LogP contribution in [0, 0.1) is 5.41 Å². The van der Waals surface area contributed by atoms with Gasteiger partial charge >= 0.3 is 0 Å². The van der Waals surface area contributed by atoms with Crippen molar-refractivity contribution < 1.29 is 13.9 Å². The Bertz CT molecular complexity index is 1220. The summed E-state index contributed by atoms with van der Waals surface area (Å²) < 4.78 is 30.0. The SMILES string of the molecule is Nc1nccc(Sc2nc(CO)c(N3CCC4(CC3)Cn3nccc3C4N)nc2C(F)F)c1Cl. The largest absolute Gasteiger partial charge is 0.390 e. The standard InChI is InChI=1S/C21H23ClF2N8OS/c22-14-13(2-5-27-18(14)26)34-20-15(17(23)24)30-19(11(9-33)29-20)31-7-3-21(4-8-31)10-32-12(16(21)25)1-6-28-32/h1-2,5-6,16-17,33H,3-4,7-10,25H2,(H2,26,27). The molecule has 1 fully saturated rings. The molecule has 0 amide bonds. The molecule has 5 heterocycles. The van der Waals surface area contributed by atoms with Gasteiger partial charge in [0.15, 0.2) is 5.82 Å². The van der Waals surface area contributed by atoms with Crippen LogP contribution in [0.15, 0.2) is 34.4 Å². The van der Waals surface area contributed by atoms with E-state index in [1.54, 1.807) is 12.3 Å². The van der Waals surface area contributed by atoms with Gasteiger partial charge in [-0.15, -0.1) is 0 Å². The Kier molecular flexibility index (Phi) is 6.09. The van der Waals surface area contributed by atoms with E-state index in [0.717, 1.165) is 36.8 Å². The summed E-state index contributed by atoms with van der Waals surface area (Å²) in [5.41, 5.74) is 12.9. The number of piperidine rings is 1. The molecular formula is C21H23ClF2N8OS. The van der Waals surface area contributed by atoms with E-state index in [9.17, 15) is 13.9 Å². The number of hydrogen-bond donors (Lipinski definition) is 3. The number of aliphatic hydroxyl groups is 1. The van der Waals surface area contributed by atoms with Crippen LogP contribution in [0.2, 0.25) is 5.02 Å². The average Bonchev–Trinajstić information content (AvgIpc) is 3.38. The van der Waals surface area contributed by atoms with E-state index in [-0.39, 0.29) is 38.8 Å². The van der Waals surface area contributed by atoms with Gasteiger partial charge in [0, 0.05) is 42.3 Å². The fraction of sp³-hybridized carbons (Fsp3) is 0.429. The Hall–Kier alpha value is -2.54. The number of fused-ring (bicyclic) bond motifs is 1. The van der Waals surface area contributed by atoms with Crippen molar-refractivity contribution in [3.8, 4) is 0 Å². The van der Waals surface area contributed by atoms with Gasteiger partial charge in [0.1, 0.15) is 22.2 Å². The van der Waals surface area contributed by atoms with Gasteiger partial charge in [0.2, 0.25) is 0 Å². The molecule has 2 aliphatic heterocycles. The second-order valence-electron chi connectivity index (χ2n) is 8.49. The second-order valence-corrected chi connectivity index (χ2v) is 9.90. The maximum atomic E-state index is 14.0. The van der Waals surface area contributed by atoms with Gasteiger partial charge in [-0.05, 0) is 25.0 Å². The van der Waals surface area contributed by atoms with Gasteiger partial charge in [0.25, 0.3) is 6.43 Å². The van der Waals surface area contributed by atoms with Crippen LogP contribution in [0.1, 0.15) is 42.4 Å². The lowest BCUT2D eigenvalue weighted by atomic mass is 9.73. The molecule has 1 unspecified atom stereocenters. The van der Waals surface area contributed by atoms with E-state index in [1.807, 2.05) is 15.6 Å². The summed E-state index contributed by atoms with van der Waals surface area (Å²) in [5.74, 6) is 0.355. The van der Waals surface area contributed by atoms with Gasteiger partial charge < -0.3 is 21.5 Å². The van der Waals surface area contributed by atoms with Crippen molar-refractivity contribution in [2.75, 3.05) is 23.7 Å². The van der Waals surface area contributed by atoms with Crippen LogP contribution in [0.4, 0.5) is 20.4 Å². The van der Waals surface area contributed by atoms with Crippen molar-refractivity contribution >= 4 is 35.0 Å². The highest BCUT2D eigenvalue weighted by Gasteiger charge is 2.47. The summed E-state index contributed by atoms with van der Waals surface area (Å²) in [6, 6.07) is 3.37. The van der Waals surface area contributed by atoms with E-state index in [4.69, 9.17) is 23.1 Å². The molecule has 0 radical (unpaired) electrons. The number of nitrogen functional groups attached to an aromatic ring is 1. The third-order valence-corrected chi connectivity index (χ3v) is 8.20. The number of aromatic nitrogens is 5. The molecule has 3 aromatic heterocycles. The van der Waals surface area contributed by atoms with Crippen LogP contribution < -0.4 is 16.4 Å². The van der Waals surface area contributed by atoms with Gasteiger partial charge in [-0.3, -0.25) is 4.68 Å². The normalized spacial score (nSPS) is 19.2. The van der Waals surface area contributed by atoms with Crippen molar-refractivity contribution in [1.82, 2.24) is 24.7 Å². The lowest BCUT2D eigenvalue weighted by Crippen LogP contribution is -2.45. The van der Waals surface area contributed by atoms with Crippen LogP contribution in [0.25, 0.3) is 0 Å². The molecule has 2 aliphatic rings. The highest BCUT2D eigenvalue weighted by molar-refractivity contribution is 7.99. The van der Waals surface area contributed by atoms with Crippen LogP contribution in [0.3, 0.4) is 0 Å². The number of nitrogens with zero attached hydrogens (tertiary/aromatic N) is 6. The number of rotatable bonds is 5. The Labute approximate surface area is 203 Å². The molecule has 13 heteroatoms. The summed E-state index contributed by atoms with van der Waals surface area (Å²) in [7, 11) is 0. The van der Waals surface area contributed by atoms with Crippen LogP contribution in [-0.4, -0.2) is 42.9 Å². The highest BCUT2D eigenvalue weighted by atomic mass is 35.5. The Morgan fingerprint density at radius 2 is 2.00 bits per heavy atom. The van der Waals surface area contributed by atoms with Crippen LogP contribution in [-0.2, 0) is 13.2 Å². The molecule has 1 atom stereocenters. The second kappa shape index (κ2) is 8.91. The molecule has 9 nitrogen and oxygen atoms in total. The first-order valence-electron chi connectivity index (χ1n) is 10.7. The molecule has 0 aliphatic carbocycles. The van der Waals surface area contributed by atoms with Gasteiger partial charge in [-0.2, -0.15) is 5.10 Å². The first-order chi connectivity index (χ1) is 16.3. The molecule has 3 aromatic rings. The third kappa shape index (κ3) is 3.88. The predicted octanol–water partition coefficient (Wildman–Crippen LogP) is 3.19. The smallest absolute Gasteiger partial charge is 0.283 e. The Morgan fingerprint density at radius 3 is 2.68 bits per heavy atom. The lowest BCUT2D eigenvalue weighted by molar-refractivity contribution is 0.140. The maximum absolute atomic E-state index is 14.0. The number of aliphatic hydroxyl groups excluding tert-OH is 1. The molecule has 5 N–H and O–H groups in total. The van der Waals surface area contributed by atoms with Crippen molar-refractivity contribution in [1.29, 1.82) is 0 Å². The number of alkyl halides is 2. The van der Waals surface area contributed by atoms with Crippen molar-refractivity contribution in [3.05, 3.63) is 46.6 Å². The predicted molar refractivity (Wildman–Crippen MR) is 124 cm³/mol. The molecule has 34 heavy (non-hydrogen) atoms. The first kappa shape index (κ1) is 23.2. The van der Waals surface area contributed by atoms with Crippen molar-refractivity contribution in [2.45, 2.75) is 48.4 Å². The molecule has 5 rings (SSSR count). The van der Waals surface area contributed by atoms with Crippen LogP contribution >= 0.6 is 23.4 Å². The zero-order valence-electron chi connectivity index (χ0n) is 18.0. The Morgan fingerprint density at radius 1 is 1.24 bits per heavy atom. The summed E-state index contributed by atoms with van der Waals surface area (Å²) in [6.45, 7) is 1.41. The molecule has 0 aromatic carbocycles. The minimum atomic E-state index is -2.86. The summed E-state index contributed by atoms with van der Waals surface area (Å²) in [6.07, 6.45) is 1.81. The summed E-state index contributed by atoms with van der Waals surface area (Å²) in [5, 5.41) is 14.5. The number of pyridine rings is 1. The maximum Gasteiger partial charge on any atom is 0.283 e. The highest BCUT2D eigenvalue weighted by Crippen LogP contribution is 2.48. The number of nitrogens with two attached hydrogens (primary N) is 2. The Balaban J connectivity index is 1.42. The van der Waals surface area contributed by atoms with E-state index < -0.39 is 18.7 Å². The van der Waals surface area contributed by atoms with E-state index in [2.05, 4.69) is 20.1 Å². The number of hydrogen-bond acceptors (Lipinski definition) is 9. The molecule has 0 bridgehead atoms. The fourth-order valence-corrected chi connectivity index (χ4v) is 5.89. The zero-order chi connectivity index (χ0) is 24.0. The van der Waals surface area contributed by atoms with Gasteiger partial charge in [-0.25, -0.2) is 23.7 Å². The van der Waals surface area contributed by atoms with Gasteiger partial charge in [-0.1, -0.05) is 23.4 Å². The minimum absolute atomic E-state index is 0.0352. The monoisotopic (exact) mass is 508 g/mol. The number of anilines is 2. The first-order valence-corrected chi connectivity index (χ1v) is 11.9. The quantitative estimate of drug-likeness (QED) is 0.475. The van der Waals surface area contributed by atoms with E-state index in [0.29, 0.717) is 18.0 Å². The number of halogens is 3. The lowest BCUT2D eigenvalue weighted by Gasteiger charge is -2.42. The van der Waals surface area contributed by atoms with E-state index in [1.165, 1.54) is 6.20 Å². The molecule has 0 saturated carbocycles. The minimum Gasteiger partial charge on any atom is -0.390 e. The topological polar surface area (TPSA) is 132 Å². The summed E-state index contributed by atoms with van der Waals surface area (Å²) in [4.78, 5) is 14.8. The fourth-order valence-electron chi connectivity index (χ4n) is 4.74. The zero-order valence-corrected chi connectivity index (χ0v) is 19.6. The third-order valence-electron chi connectivity index (χ3n) is 6.64. The van der Waals surface area contributed by atoms with Crippen molar-refractivity contribution in [2.24, 2.45) is 11.1 Å². The molecule has 1 spiro atoms. The average molecular weight is 509 g/mol. The van der Waals surface area contributed by atoms with E-state index >= 15 is 0 Å². The van der Waals surface area contributed by atoms with Crippen LogP contribution in [0.5, 0.6) is 0 Å². The molecule has 180 valence electrons. The molecular weight excluding hydrogens is 486 g/mol. The van der Waals surface area contributed by atoms with Gasteiger partial charge in [0.05, 0.1) is 23.4 Å². The van der Waals surface area contributed by atoms with Crippen molar-refractivity contribution in [3.63, 3.8) is 0 Å². The molecule has 1 saturated heterocycles.